The first kappa shape index (κ1) is 34.0. The van der Waals surface area contributed by atoms with E-state index in [0.29, 0.717) is 48.2 Å². The van der Waals surface area contributed by atoms with E-state index in [0.717, 1.165) is 52.9 Å². The fraction of sp³-hybridized carbons (Fsp3) is 0.300. The Balaban J connectivity index is 0.000000216. The van der Waals surface area contributed by atoms with Crippen molar-refractivity contribution in [2.75, 3.05) is 24.7 Å². The molecule has 0 radical (unpaired) electrons. The molecule has 5 rings (SSSR count). The summed E-state index contributed by atoms with van der Waals surface area (Å²) in [6.45, 7) is 10.2. The molecule has 0 fully saturated rings. The van der Waals surface area contributed by atoms with Crippen molar-refractivity contribution in [2.45, 2.75) is 53.4 Å². The van der Waals surface area contributed by atoms with Crippen LogP contribution in [0.2, 0.25) is 0 Å². The van der Waals surface area contributed by atoms with E-state index in [-0.39, 0.29) is 0 Å². The molecule has 0 aliphatic carbocycles. The molecular formula is C40H48N4O2. The SMILES string of the molecule is CC(C)CCCOc1ccc(N)c(-c2ccccc2)n1.CC(C)CCCOc1nc(-c2ccccc2)c(N)cc1-c1ccccc1. The molecule has 2 heterocycles. The normalized spacial score (nSPS) is 10.8. The zero-order valence-corrected chi connectivity index (χ0v) is 27.7. The van der Waals surface area contributed by atoms with Crippen LogP contribution < -0.4 is 20.9 Å². The van der Waals surface area contributed by atoms with Crippen molar-refractivity contribution in [3.8, 4) is 45.4 Å². The predicted octanol–water partition coefficient (Wildman–Crippen LogP) is 9.96. The van der Waals surface area contributed by atoms with Gasteiger partial charge < -0.3 is 20.9 Å². The van der Waals surface area contributed by atoms with Gasteiger partial charge in [0.2, 0.25) is 11.8 Å². The Morgan fingerprint density at radius 1 is 0.543 bits per heavy atom. The van der Waals surface area contributed by atoms with E-state index in [9.17, 15) is 0 Å². The van der Waals surface area contributed by atoms with Gasteiger partial charge in [0.25, 0.3) is 0 Å². The summed E-state index contributed by atoms with van der Waals surface area (Å²) in [5.41, 5.74) is 19.2. The Labute approximate surface area is 274 Å². The van der Waals surface area contributed by atoms with Crippen LogP contribution in [-0.4, -0.2) is 23.2 Å². The minimum atomic E-state index is 0.641. The summed E-state index contributed by atoms with van der Waals surface area (Å²) >= 11 is 0. The first-order valence-electron chi connectivity index (χ1n) is 16.3. The van der Waals surface area contributed by atoms with Crippen molar-refractivity contribution in [3.63, 3.8) is 0 Å². The van der Waals surface area contributed by atoms with Gasteiger partial charge in [0, 0.05) is 22.8 Å². The fourth-order valence-corrected chi connectivity index (χ4v) is 4.96. The highest BCUT2D eigenvalue weighted by Crippen LogP contribution is 2.35. The smallest absolute Gasteiger partial charge is 0.222 e. The molecule has 6 heteroatoms. The lowest BCUT2D eigenvalue weighted by molar-refractivity contribution is 0.287. The molecule has 0 aliphatic rings. The van der Waals surface area contributed by atoms with Gasteiger partial charge in [-0.25, -0.2) is 9.97 Å². The fourth-order valence-electron chi connectivity index (χ4n) is 4.96. The summed E-state index contributed by atoms with van der Waals surface area (Å²) in [6, 6.07) is 35.7. The van der Waals surface area contributed by atoms with Gasteiger partial charge in [-0.2, -0.15) is 0 Å². The number of nitrogens with two attached hydrogens (primary N) is 2. The van der Waals surface area contributed by atoms with E-state index in [1.54, 1.807) is 0 Å². The van der Waals surface area contributed by atoms with Crippen LogP contribution in [0.25, 0.3) is 33.6 Å². The average Bonchev–Trinajstić information content (AvgIpc) is 3.07. The standard InChI is InChI=1S/C23H26N2O.C17H22N2O/c1-17(2)10-9-15-26-23-20(18-11-5-3-6-12-18)16-21(24)22(25-23)19-13-7-4-8-14-19;1-13(2)7-6-12-20-16-11-10-15(18)17(19-16)14-8-4-3-5-9-14/h3-8,11-14,16-17H,9-10,15,24H2,1-2H3;3-5,8-11,13H,6-7,12,18H2,1-2H3. The Morgan fingerprint density at radius 2 is 1.02 bits per heavy atom. The van der Waals surface area contributed by atoms with Crippen LogP contribution in [0, 0.1) is 11.8 Å². The molecule has 46 heavy (non-hydrogen) atoms. The molecule has 0 saturated carbocycles. The van der Waals surface area contributed by atoms with E-state index < -0.39 is 0 Å². The second-order valence-electron chi connectivity index (χ2n) is 12.2. The molecule has 4 N–H and O–H groups in total. The van der Waals surface area contributed by atoms with E-state index in [2.05, 4.69) is 44.8 Å². The van der Waals surface area contributed by atoms with Crippen LogP contribution in [0.1, 0.15) is 53.4 Å². The third kappa shape index (κ3) is 10.4. The minimum Gasteiger partial charge on any atom is -0.478 e. The number of hydrogen-bond donors (Lipinski definition) is 2. The molecule has 0 spiro atoms. The molecule has 3 aromatic carbocycles. The quantitative estimate of drug-likeness (QED) is 0.128. The molecule has 2 aromatic heterocycles. The lowest BCUT2D eigenvalue weighted by atomic mass is 10.0. The van der Waals surface area contributed by atoms with Crippen LogP contribution in [0.15, 0.2) is 109 Å². The Hall–Kier alpha value is -4.84. The number of pyridine rings is 2. The lowest BCUT2D eigenvalue weighted by Crippen LogP contribution is -2.05. The molecule has 5 aromatic rings. The topological polar surface area (TPSA) is 96.3 Å². The molecule has 0 aliphatic heterocycles. The van der Waals surface area contributed by atoms with Crippen LogP contribution in [0.3, 0.4) is 0 Å². The molecule has 0 saturated heterocycles. The largest absolute Gasteiger partial charge is 0.478 e. The van der Waals surface area contributed by atoms with Crippen molar-refractivity contribution in [2.24, 2.45) is 11.8 Å². The number of anilines is 2. The number of aromatic nitrogens is 2. The highest BCUT2D eigenvalue weighted by atomic mass is 16.5. The number of rotatable bonds is 13. The van der Waals surface area contributed by atoms with Gasteiger partial charge in [0.05, 0.1) is 36.0 Å². The van der Waals surface area contributed by atoms with Crippen LogP contribution >= 0.6 is 0 Å². The maximum atomic E-state index is 6.34. The van der Waals surface area contributed by atoms with Gasteiger partial charge in [0.15, 0.2) is 0 Å². The minimum absolute atomic E-state index is 0.641. The monoisotopic (exact) mass is 616 g/mol. The molecule has 0 unspecified atom stereocenters. The summed E-state index contributed by atoms with van der Waals surface area (Å²) in [5.74, 6) is 2.67. The number of nitrogens with zero attached hydrogens (tertiary/aromatic N) is 2. The van der Waals surface area contributed by atoms with Gasteiger partial charge >= 0.3 is 0 Å². The zero-order chi connectivity index (χ0) is 32.7. The molecule has 0 amide bonds. The van der Waals surface area contributed by atoms with E-state index in [4.69, 9.17) is 25.9 Å². The van der Waals surface area contributed by atoms with Gasteiger partial charge in [-0.1, -0.05) is 119 Å². The number of hydrogen-bond acceptors (Lipinski definition) is 6. The summed E-state index contributed by atoms with van der Waals surface area (Å²) in [7, 11) is 0. The van der Waals surface area contributed by atoms with Crippen molar-refractivity contribution in [3.05, 3.63) is 109 Å². The maximum Gasteiger partial charge on any atom is 0.222 e. The predicted molar refractivity (Wildman–Crippen MR) is 193 cm³/mol. The van der Waals surface area contributed by atoms with Gasteiger partial charge in [-0.15, -0.1) is 0 Å². The Morgan fingerprint density at radius 3 is 1.54 bits per heavy atom. The summed E-state index contributed by atoms with van der Waals surface area (Å²) in [6.07, 6.45) is 4.37. The molecule has 6 nitrogen and oxygen atoms in total. The molecule has 0 bridgehead atoms. The van der Waals surface area contributed by atoms with Crippen LogP contribution in [0.5, 0.6) is 11.8 Å². The highest BCUT2D eigenvalue weighted by molar-refractivity contribution is 5.81. The van der Waals surface area contributed by atoms with Crippen LogP contribution in [-0.2, 0) is 0 Å². The molecule has 240 valence electrons. The van der Waals surface area contributed by atoms with Crippen molar-refractivity contribution >= 4 is 11.4 Å². The lowest BCUT2D eigenvalue weighted by Gasteiger charge is -2.15. The number of nitrogen functional groups attached to an aromatic ring is 2. The van der Waals surface area contributed by atoms with Gasteiger partial charge in [-0.3, -0.25) is 0 Å². The van der Waals surface area contributed by atoms with Crippen molar-refractivity contribution in [1.29, 1.82) is 0 Å². The third-order valence-corrected chi connectivity index (χ3v) is 7.44. The number of benzene rings is 3. The van der Waals surface area contributed by atoms with Crippen molar-refractivity contribution in [1.82, 2.24) is 9.97 Å². The highest BCUT2D eigenvalue weighted by Gasteiger charge is 2.14. The zero-order valence-electron chi connectivity index (χ0n) is 27.7. The summed E-state index contributed by atoms with van der Waals surface area (Å²) in [4.78, 5) is 9.30. The summed E-state index contributed by atoms with van der Waals surface area (Å²) < 4.78 is 11.8. The van der Waals surface area contributed by atoms with Crippen molar-refractivity contribution < 1.29 is 9.47 Å². The average molecular weight is 617 g/mol. The van der Waals surface area contributed by atoms with E-state index in [1.807, 2.05) is 97.1 Å². The van der Waals surface area contributed by atoms with Crippen LogP contribution in [0.4, 0.5) is 11.4 Å². The first-order chi connectivity index (χ1) is 22.3. The van der Waals surface area contributed by atoms with Gasteiger partial charge in [0.1, 0.15) is 0 Å². The number of ether oxygens (including phenoxy) is 2. The second-order valence-corrected chi connectivity index (χ2v) is 12.2. The molecule has 0 atom stereocenters. The maximum absolute atomic E-state index is 6.34. The second kappa shape index (κ2) is 17.6. The van der Waals surface area contributed by atoms with Gasteiger partial charge in [-0.05, 0) is 55.2 Å². The Bertz CT molecular complexity index is 1610. The molecular weight excluding hydrogens is 568 g/mol. The van der Waals surface area contributed by atoms with E-state index in [1.165, 1.54) is 6.42 Å². The first-order valence-corrected chi connectivity index (χ1v) is 16.3. The summed E-state index contributed by atoms with van der Waals surface area (Å²) in [5, 5.41) is 0. The Kier molecular flexibility index (Phi) is 13.0. The van der Waals surface area contributed by atoms with E-state index >= 15 is 0 Å². The third-order valence-electron chi connectivity index (χ3n) is 7.44.